The van der Waals surface area contributed by atoms with E-state index in [4.69, 9.17) is 29.3 Å². The van der Waals surface area contributed by atoms with Crippen molar-refractivity contribution >= 4 is 18.9 Å². The van der Waals surface area contributed by atoms with Crippen molar-refractivity contribution in [2.45, 2.75) is 56.8 Å². The van der Waals surface area contributed by atoms with Crippen LogP contribution in [0.3, 0.4) is 0 Å². The van der Waals surface area contributed by atoms with Crippen LogP contribution in [0.25, 0.3) is 0 Å². The Hall–Kier alpha value is -2.69. The molecule has 0 aliphatic carbocycles. The highest BCUT2D eigenvalue weighted by Crippen LogP contribution is 2.46. The summed E-state index contributed by atoms with van der Waals surface area (Å²) in [6.07, 6.45) is 6.63. The highest BCUT2D eigenvalue weighted by Gasteiger charge is 2.61. The Balaban J connectivity index is 0.000000520. The van der Waals surface area contributed by atoms with Crippen molar-refractivity contribution in [3.63, 3.8) is 0 Å². The number of amides is 1. The number of benzene rings is 1. The number of ether oxygens (including phenoxy) is 2. The van der Waals surface area contributed by atoms with Crippen LogP contribution in [0.1, 0.15) is 44.1 Å². The lowest BCUT2D eigenvalue weighted by molar-refractivity contribution is -0.136. The van der Waals surface area contributed by atoms with Crippen LogP contribution >= 0.6 is 0 Å². The van der Waals surface area contributed by atoms with E-state index in [1.807, 2.05) is 4.90 Å². The second-order valence-corrected chi connectivity index (χ2v) is 9.10. The van der Waals surface area contributed by atoms with Gasteiger partial charge in [0.25, 0.3) is 12.9 Å². The molecule has 2 atom stereocenters. The summed E-state index contributed by atoms with van der Waals surface area (Å²) < 4.78 is 12.3. The smallest absolute Gasteiger partial charge is 0.290 e. The molecule has 1 spiro atoms. The van der Waals surface area contributed by atoms with Crippen molar-refractivity contribution in [2.24, 2.45) is 0 Å². The third-order valence-corrected chi connectivity index (χ3v) is 7.18. The summed E-state index contributed by atoms with van der Waals surface area (Å²) in [6, 6.07) is 8.55. The van der Waals surface area contributed by atoms with Gasteiger partial charge in [-0.25, -0.2) is 0 Å². The first-order valence-electron chi connectivity index (χ1n) is 12.4. The molecule has 1 amide bonds. The van der Waals surface area contributed by atoms with E-state index in [1.54, 1.807) is 0 Å². The minimum Gasteiger partial charge on any atom is -0.493 e. The normalized spacial score (nSPS) is 25.5. The van der Waals surface area contributed by atoms with Crippen molar-refractivity contribution < 1.29 is 34.1 Å². The molecule has 194 valence electrons. The Morgan fingerprint density at radius 2 is 1.77 bits per heavy atom. The van der Waals surface area contributed by atoms with Gasteiger partial charge in [-0.05, 0) is 38.4 Å². The molecule has 0 unspecified atom stereocenters. The third kappa shape index (κ3) is 6.50. The van der Waals surface area contributed by atoms with Crippen LogP contribution in [0, 0.1) is 0 Å². The van der Waals surface area contributed by atoms with Crippen LogP contribution in [0.15, 0.2) is 24.3 Å². The zero-order chi connectivity index (χ0) is 25.1. The molecule has 0 saturated carbocycles. The average Bonchev–Trinajstić information content (AvgIpc) is 3.51. The second kappa shape index (κ2) is 13.4. The molecule has 10 nitrogen and oxygen atoms in total. The maximum Gasteiger partial charge on any atom is 0.290 e. The lowest BCUT2D eigenvalue weighted by Gasteiger charge is -2.32. The van der Waals surface area contributed by atoms with Gasteiger partial charge < -0.3 is 29.5 Å². The second-order valence-electron chi connectivity index (χ2n) is 9.10. The van der Waals surface area contributed by atoms with Gasteiger partial charge in [0.1, 0.15) is 5.75 Å². The molecule has 1 aromatic rings. The fraction of sp³-hybridized carbons (Fsp3) is 0.640. The summed E-state index contributed by atoms with van der Waals surface area (Å²) >= 11 is 0. The molecule has 0 bridgehead atoms. The van der Waals surface area contributed by atoms with Crippen molar-refractivity contribution in [3.8, 4) is 5.75 Å². The van der Waals surface area contributed by atoms with Gasteiger partial charge in [0.05, 0.1) is 19.3 Å². The number of carbonyl (C=O) groups is 3. The number of piperidine rings is 1. The van der Waals surface area contributed by atoms with Crippen LogP contribution in [0.4, 0.5) is 0 Å². The molecule has 4 heterocycles. The summed E-state index contributed by atoms with van der Waals surface area (Å²) in [7, 11) is 0. The van der Waals surface area contributed by atoms with Crippen molar-refractivity contribution in [3.05, 3.63) is 29.8 Å². The van der Waals surface area contributed by atoms with E-state index >= 15 is 0 Å². The Bertz CT molecular complexity index is 827. The third-order valence-electron chi connectivity index (χ3n) is 7.18. The van der Waals surface area contributed by atoms with Crippen molar-refractivity contribution in [1.82, 2.24) is 14.7 Å². The van der Waals surface area contributed by atoms with E-state index in [9.17, 15) is 4.79 Å². The Morgan fingerprint density at radius 3 is 2.51 bits per heavy atom. The summed E-state index contributed by atoms with van der Waals surface area (Å²) in [4.78, 5) is 36.1. The summed E-state index contributed by atoms with van der Waals surface area (Å²) in [5.74, 6) is 1.24. The Morgan fingerprint density at radius 1 is 1.06 bits per heavy atom. The molecule has 5 rings (SSSR count). The fourth-order valence-electron chi connectivity index (χ4n) is 5.71. The number of likely N-dealkylation sites (tertiary alicyclic amines) is 2. The molecule has 1 aromatic carbocycles. The van der Waals surface area contributed by atoms with E-state index in [0.717, 1.165) is 51.4 Å². The monoisotopic (exact) mass is 491 g/mol. The summed E-state index contributed by atoms with van der Waals surface area (Å²) in [6.45, 7) is 7.09. The van der Waals surface area contributed by atoms with Crippen LogP contribution in [-0.2, 0) is 25.7 Å². The minimum absolute atomic E-state index is 0.171. The van der Waals surface area contributed by atoms with Crippen molar-refractivity contribution in [1.29, 1.82) is 0 Å². The molecular formula is C25H37N3O7. The van der Waals surface area contributed by atoms with Gasteiger partial charge in [-0.1, -0.05) is 24.6 Å². The highest BCUT2D eigenvalue weighted by molar-refractivity contribution is 5.81. The molecule has 4 aliphatic heterocycles. The maximum atomic E-state index is 12.4. The Kier molecular flexibility index (Phi) is 10.3. The SMILES string of the molecule is O=C1C[C@H]2N(Cc3ccccc3OCCCN3CCCCC3)CC[C@]23OCCN13.O=CO.O=CO. The van der Waals surface area contributed by atoms with Crippen molar-refractivity contribution in [2.75, 3.05) is 45.9 Å². The lowest BCUT2D eigenvalue weighted by Crippen LogP contribution is -2.47. The van der Waals surface area contributed by atoms with Crippen LogP contribution in [-0.4, -0.2) is 101 Å². The van der Waals surface area contributed by atoms with E-state index in [2.05, 4.69) is 34.1 Å². The molecule has 0 radical (unpaired) electrons. The quantitative estimate of drug-likeness (QED) is 0.435. The predicted molar refractivity (Wildman–Crippen MR) is 128 cm³/mol. The number of hydrogen-bond acceptors (Lipinski definition) is 7. The van der Waals surface area contributed by atoms with E-state index < -0.39 is 0 Å². The lowest BCUT2D eigenvalue weighted by atomic mass is 10.1. The molecule has 0 aromatic heterocycles. The molecular weight excluding hydrogens is 454 g/mol. The topological polar surface area (TPSA) is 120 Å². The van der Waals surface area contributed by atoms with E-state index in [0.29, 0.717) is 13.0 Å². The van der Waals surface area contributed by atoms with Crippen LogP contribution in [0.2, 0.25) is 0 Å². The van der Waals surface area contributed by atoms with Gasteiger partial charge in [-0.15, -0.1) is 0 Å². The number of rotatable bonds is 7. The summed E-state index contributed by atoms with van der Waals surface area (Å²) in [5.41, 5.74) is 0.854. The molecule has 35 heavy (non-hydrogen) atoms. The number of nitrogens with zero attached hydrogens (tertiary/aromatic N) is 3. The molecule has 4 aliphatic rings. The van der Waals surface area contributed by atoms with Gasteiger partial charge in [-0.3, -0.25) is 19.3 Å². The summed E-state index contributed by atoms with van der Waals surface area (Å²) in [5, 5.41) is 13.8. The first-order valence-corrected chi connectivity index (χ1v) is 12.4. The minimum atomic E-state index is -0.360. The van der Waals surface area contributed by atoms with Gasteiger partial charge in [0.15, 0.2) is 5.72 Å². The van der Waals surface area contributed by atoms with Gasteiger partial charge >= 0.3 is 0 Å². The van der Waals surface area contributed by atoms with Gasteiger partial charge in [0, 0.05) is 44.6 Å². The standard InChI is InChI=1S/C23H33N3O3.2CH2O2/c27-22-17-21-23(26(22)14-16-29-23)9-13-25(21)18-19-7-2-3-8-20(19)28-15-6-12-24-10-4-1-5-11-24;2*2-1-3/h2-3,7-8,21H,1,4-6,9-18H2;2*1H,(H,2,3)/t21-,23+;;/m1../s1. The van der Waals surface area contributed by atoms with Gasteiger partial charge in [0.2, 0.25) is 5.91 Å². The number of carbonyl (C=O) groups excluding carboxylic acids is 1. The molecule has 4 fully saturated rings. The zero-order valence-corrected chi connectivity index (χ0v) is 20.2. The average molecular weight is 492 g/mol. The number of hydrogen-bond donors (Lipinski definition) is 2. The first-order chi connectivity index (χ1) is 17.1. The van der Waals surface area contributed by atoms with E-state index in [1.165, 1.54) is 37.9 Å². The first kappa shape index (κ1) is 26.9. The zero-order valence-electron chi connectivity index (χ0n) is 20.2. The van der Waals surface area contributed by atoms with Gasteiger partial charge in [-0.2, -0.15) is 0 Å². The van der Waals surface area contributed by atoms with Crippen LogP contribution in [0.5, 0.6) is 5.75 Å². The number of carboxylic acid groups (broad SMARTS) is 2. The molecule has 2 N–H and O–H groups in total. The fourth-order valence-corrected chi connectivity index (χ4v) is 5.71. The Labute approximate surface area is 206 Å². The highest BCUT2D eigenvalue weighted by atomic mass is 16.5. The number of para-hydroxylation sites is 1. The molecule has 4 saturated heterocycles. The maximum absolute atomic E-state index is 12.4. The molecule has 10 heteroatoms. The predicted octanol–water partition coefficient (Wildman–Crippen LogP) is 1.88. The van der Waals surface area contributed by atoms with Crippen LogP contribution < -0.4 is 4.74 Å². The largest absolute Gasteiger partial charge is 0.493 e. The van der Waals surface area contributed by atoms with E-state index in [-0.39, 0.29) is 30.6 Å².